The molecule has 0 N–H and O–H groups in total. The molecule has 1 aromatic rings. The van der Waals surface area contributed by atoms with E-state index in [1.807, 2.05) is 0 Å². The Bertz CT molecular complexity index is 332. The average molecular weight is 249 g/mol. The van der Waals surface area contributed by atoms with Gasteiger partial charge in [0, 0.05) is 0 Å². The van der Waals surface area contributed by atoms with Gasteiger partial charge in [0.2, 0.25) is 0 Å². The van der Waals surface area contributed by atoms with Crippen molar-refractivity contribution in [2.24, 2.45) is 0 Å². The van der Waals surface area contributed by atoms with Gasteiger partial charge >= 0.3 is 5.97 Å². The number of para-hydroxylation sites is 1. The third-order valence-electron chi connectivity index (χ3n) is 1.56. The van der Waals surface area contributed by atoms with E-state index in [0.29, 0.717) is 22.4 Å². The first-order valence-corrected chi connectivity index (χ1v) is 5.13. The monoisotopic (exact) mass is 248 g/mol. The van der Waals surface area contributed by atoms with Crippen LogP contribution in [0.15, 0.2) is 18.2 Å². The van der Waals surface area contributed by atoms with Crippen LogP contribution in [0.5, 0.6) is 5.75 Å². The summed E-state index contributed by atoms with van der Waals surface area (Å²) < 4.78 is 9.84. The molecule has 1 aromatic carbocycles. The van der Waals surface area contributed by atoms with Crippen LogP contribution in [0, 0.1) is 0 Å². The van der Waals surface area contributed by atoms with Gasteiger partial charge in [0.15, 0.2) is 12.4 Å². The zero-order valence-corrected chi connectivity index (χ0v) is 9.64. The summed E-state index contributed by atoms with van der Waals surface area (Å²) in [5.41, 5.74) is 0. The third kappa shape index (κ3) is 3.61. The lowest BCUT2D eigenvalue weighted by Crippen LogP contribution is -2.14. The van der Waals surface area contributed by atoms with Gasteiger partial charge in [0.25, 0.3) is 0 Å². The number of esters is 1. The Balaban J connectivity index is 2.61. The fourth-order valence-corrected chi connectivity index (χ4v) is 1.46. The summed E-state index contributed by atoms with van der Waals surface area (Å²) in [4.78, 5) is 11.0. The van der Waals surface area contributed by atoms with Gasteiger partial charge in [-0.3, -0.25) is 0 Å². The van der Waals surface area contributed by atoms with Gasteiger partial charge in [-0.2, -0.15) is 0 Å². The summed E-state index contributed by atoms with van der Waals surface area (Å²) in [6.45, 7) is 1.84. The molecule has 0 aliphatic carbocycles. The minimum absolute atomic E-state index is 0.197. The molecule has 0 radical (unpaired) electrons. The van der Waals surface area contributed by atoms with E-state index in [1.165, 1.54) is 0 Å². The smallest absolute Gasteiger partial charge is 0.344 e. The van der Waals surface area contributed by atoms with Crippen LogP contribution in [0.1, 0.15) is 6.92 Å². The van der Waals surface area contributed by atoms with Gasteiger partial charge in [-0.25, -0.2) is 4.79 Å². The lowest BCUT2D eigenvalue weighted by molar-refractivity contribution is -0.145. The van der Waals surface area contributed by atoms with Crippen molar-refractivity contribution in [1.29, 1.82) is 0 Å². The van der Waals surface area contributed by atoms with E-state index in [-0.39, 0.29) is 6.61 Å². The van der Waals surface area contributed by atoms with Gasteiger partial charge in [-0.1, -0.05) is 29.3 Å². The number of benzene rings is 1. The summed E-state index contributed by atoms with van der Waals surface area (Å²) in [6, 6.07) is 4.96. The van der Waals surface area contributed by atoms with Crippen LogP contribution in [0.4, 0.5) is 0 Å². The molecule has 0 aromatic heterocycles. The average Bonchev–Trinajstić information content (AvgIpc) is 2.17. The highest BCUT2D eigenvalue weighted by molar-refractivity contribution is 6.37. The topological polar surface area (TPSA) is 35.5 Å². The lowest BCUT2D eigenvalue weighted by Gasteiger charge is -2.08. The quantitative estimate of drug-likeness (QED) is 0.769. The molecule has 5 heteroatoms. The van der Waals surface area contributed by atoms with E-state index >= 15 is 0 Å². The lowest BCUT2D eigenvalue weighted by atomic mass is 10.3. The fourth-order valence-electron chi connectivity index (χ4n) is 0.954. The Labute approximate surface area is 97.9 Å². The molecule has 0 saturated heterocycles. The van der Waals surface area contributed by atoms with Crippen molar-refractivity contribution >= 4 is 29.2 Å². The van der Waals surface area contributed by atoms with Crippen molar-refractivity contribution in [2.75, 3.05) is 13.2 Å². The highest BCUT2D eigenvalue weighted by atomic mass is 35.5. The molecule has 0 aliphatic rings. The Kier molecular flexibility index (Phi) is 4.72. The predicted molar refractivity (Wildman–Crippen MR) is 58.6 cm³/mol. The first-order valence-electron chi connectivity index (χ1n) is 4.37. The fraction of sp³-hybridized carbons (Fsp3) is 0.300. The minimum atomic E-state index is -0.450. The number of halogens is 2. The molecular formula is C10H10Cl2O3. The van der Waals surface area contributed by atoms with E-state index in [9.17, 15) is 4.79 Å². The maximum absolute atomic E-state index is 11.0. The van der Waals surface area contributed by atoms with Crippen molar-refractivity contribution in [2.45, 2.75) is 6.92 Å². The van der Waals surface area contributed by atoms with Gasteiger partial charge in [0.05, 0.1) is 16.7 Å². The molecule has 3 nitrogen and oxygen atoms in total. The summed E-state index contributed by atoms with van der Waals surface area (Å²) >= 11 is 11.7. The van der Waals surface area contributed by atoms with Gasteiger partial charge in [-0.05, 0) is 19.1 Å². The van der Waals surface area contributed by atoms with Gasteiger partial charge in [-0.15, -0.1) is 0 Å². The molecule has 0 bridgehead atoms. The molecule has 15 heavy (non-hydrogen) atoms. The van der Waals surface area contributed by atoms with Crippen molar-refractivity contribution in [3.05, 3.63) is 28.2 Å². The van der Waals surface area contributed by atoms with Crippen LogP contribution in [0.25, 0.3) is 0 Å². The maximum Gasteiger partial charge on any atom is 0.344 e. The predicted octanol–water partition coefficient (Wildman–Crippen LogP) is 2.94. The molecule has 0 amide bonds. The zero-order chi connectivity index (χ0) is 11.3. The van der Waals surface area contributed by atoms with Crippen LogP contribution in [0.2, 0.25) is 10.0 Å². The molecule has 0 heterocycles. The highest BCUT2D eigenvalue weighted by Crippen LogP contribution is 2.32. The number of carbonyl (C=O) groups excluding carboxylic acids is 1. The summed E-state index contributed by atoms with van der Waals surface area (Å²) in [5.74, 6) is -0.151. The summed E-state index contributed by atoms with van der Waals surface area (Å²) in [6.07, 6.45) is 0. The van der Waals surface area contributed by atoms with Crippen molar-refractivity contribution in [1.82, 2.24) is 0 Å². The third-order valence-corrected chi connectivity index (χ3v) is 2.15. The summed E-state index contributed by atoms with van der Waals surface area (Å²) in [5, 5.41) is 0.735. The first-order chi connectivity index (χ1) is 7.15. The Morgan fingerprint density at radius 2 is 1.93 bits per heavy atom. The van der Waals surface area contributed by atoms with Gasteiger partial charge < -0.3 is 9.47 Å². The second-order valence-corrected chi connectivity index (χ2v) is 3.46. The van der Waals surface area contributed by atoms with Crippen LogP contribution in [0.3, 0.4) is 0 Å². The number of hydrogen-bond acceptors (Lipinski definition) is 3. The molecule has 0 unspecified atom stereocenters. The number of ether oxygens (including phenoxy) is 2. The zero-order valence-electron chi connectivity index (χ0n) is 8.13. The Morgan fingerprint density at radius 3 is 2.47 bits per heavy atom. The van der Waals surface area contributed by atoms with Crippen LogP contribution in [-0.4, -0.2) is 19.2 Å². The van der Waals surface area contributed by atoms with Crippen LogP contribution in [-0.2, 0) is 9.53 Å². The maximum atomic E-state index is 11.0. The molecule has 0 saturated carbocycles. The van der Waals surface area contributed by atoms with Crippen LogP contribution >= 0.6 is 23.2 Å². The molecule has 0 aliphatic heterocycles. The molecule has 0 spiro atoms. The molecule has 0 fully saturated rings. The van der Waals surface area contributed by atoms with E-state index in [0.717, 1.165) is 0 Å². The molecule has 0 atom stereocenters. The van der Waals surface area contributed by atoms with Gasteiger partial charge in [0.1, 0.15) is 0 Å². The second-order valence-electron chi connectivity index (χ2n) is 2.64. The van der Waals surface area contributed by atoms with E-state index in [2.05, 4.69) is 0 Å². The normalized spacial score (nSPS) is 9.80. The molecular weight excluding hydrogens is 239 g/mol. The SMILES string of the molecule is CCOC(=O)COc1c(Cl)cccc1Cl. The first kappa shape index (κ1) is 12.1. The van der Waals surface area contributed by atoms with E-state index in [1.54, 1.807) is 25.1 Å². The second kappa shape index (κ2) is 5.83. The number of carbonyl (C=O) groups is 1. The van der Waals surface area contributed by atoms with Crippen molar-refractivity contribution in [3.8, 4) is 5.75 Å². The van der Waals surface area contributed by atoms with Crippen molar-refractivity contribution in [3.63, 3.8) is 0 Å². The van der Waals surface area contributed by atoms with E-state index in [4.69, 9.17) is 32.7 Å². The molecule has 82 valence electrons. The number of rotatable bonds is 4. The highest BCUT2D eigenvalue weighted by Gasteiger charge is 2.09. The Morgan fingerprint density at radius 1 is 1.33 bits per heavy atom. The largest absolute Gasteiger partial charge is 0.479 e. The standard InChI is InChI=1S/C10H10Cl2O3/c1-2-14-9(13)6-15-10-7(11)4-3-5-8(10)12/h3-5H,2,6H2,1H3. The van der Waals surface area contributed by atoms with Crippen molar-refractivity contribution < 1.29 is 14.3 Å². The molecule has 1 rings (SSSR count). The summed E-state index contributed by atoms with van der Waals surface area (Å²) in [7, 11) is 0. The Hall–Kier alpha value is -0.930. The van der Waals surface area contributed by atoms with Crippen LogP contribution < -0.4 is 4.74 Å². The number of hydrogen-bond donors (Lipinski definition) is 0. The van der Waals surface area contributed by atoms with E-state index < -0.39 is 5.97 Å². The minimum Gasteiger partial charge on any atom is -0.479 e.